The molecule has 0 radical (unpaired) electrons. The van der Waals surface area contributed by atoms with Gasteiger partial charge in [0.15, 0.2) is 0 Å². The molecule has 0 bridgehead atoms. The lowest BCUT2D eigenvalue weighted by molar-refractivity contribution is -0.133. The molecule has 4 nitrogen and oxygen atoms in total. The van der Waals surface area contributed by atoms with Gasteiger partial charge < -0.3 is 10.6 Å². The van der Waals surface area contributed by atoms with Crippen LogP contribution in [0, 0.1) is 0 Å². The van der Waals surface area contributed by atoms with E-state index in [4.69, 9.17) is 17.3 Å². The standard InChI is InChI=1S/C10H13ClN2O2S/c1-13(6-9(12)14)10(15)5-3-7-2-4-8(11)16-7/h2,4H,3,5-6H2,1H3,(H2,12,14). The first-order chi connectivity index (χ1) is 7.49. The predicted molar refractivity (Wildman–Crippen MR) is 64.5 cm³/mol. The Bertz CT molecular complexity index is 392. The summed E-state index contributed by atoms with van der Waals surface area (Å²) in [6, 6.07) is 3.70. The van der Waals surface area contributed by atoms with Gasteiger partial charge in [-0.1, -0.05) is 11.6 Å². The number of nitrogens with two attached hydrogens (primary N) is 1. The third-order valence-corrected chi connectivity index (χ3v) is 3.32. The maximum Gasteiger partial charge on any atom is 0.237 e. The van der Waals surface area contributed by atoms with E-state index in [-0.39, 0.29) is 12.5 Å². The summed E-state index contributed by atoms with van der Waals surface area (Å²) in [6.07, 6.45) is 1.000. The lowest BCUT2D eigenvalue weighted by Crippen LogP contribution is -2.35. The zero-order valence-corrected chi connectivity index (χ0v) is 10.5. The van der Waals surface area contributed by atoms with Crippen LogP contribution in [0.2, 0.25) is 4.34 Å². The molecule has 16 heavy (non-hydrogen) atoms. The van der Waals surface area contributed by atoms with E-state index in [1.165, 1.54) is 16.2 Å². The van der Waals surface area contributed by atoms with Gasteiger partial charge in [-0.15, -0.1) is 11.3 Å². The van der Waals surface area contributed by atoms with Crippen LogP contribution in [0.3, 0.4) is 0 Å². The zero-order valence-electron chi connectivity index (χ0n) is 8.90. The topological polar surface area (TPSA) is 63.4 Å². The number of rotatable bonds is 5. The Labute approximate surface area is 103 Å². The molecule has 0 aromatic carbocycles. The van der Waals surface area contributed by atoms with Gasteiger partial charge in [0.2, 0.25) is 11.8 Å². The van der Waals surface area contributed by atoms with Crippen molar-refractivity contribution in [2.24, 2.45) is 5.73 Å². The summed E-state index contributed by atoms with van der Waals surface area (Å²) >= 11 is 7.23. The number of hydrogen-bond donors (Lipinski definition) is 1. The fourth-order valence-corrected chi connectivity index (χ4v) is 2.32. The largest absolute Gasteiger partial charge is 0.368 e. The summed E-state index contributed by atoms with van der Waals surface area (Å²) in [7, 11) is 1.56. The van der Waals surface area contributed by atoms with E-state index in [9.17, 15) is 9.59 Å². The number of halogens is 1. The molecule has 0 aliphatic carbocycles. The normalized spacial score (nSPS) is 10.1. The van der Waals surface area contributed by atoms with Crippen molar-refractivity contribution in [2.75, 3.05) is 13.6 Å². The monoisotopic (exact) mass is 260 g/mol. The van der Waals surface area contributed by atoms with E-state index in [0.717, 1.165) is 4.88 Å². The van der Waals surface area contributed by atoms with Crippen molar-refractivity contribution in [1.29, 1.82) is 0 Å². The Morgan fingerprint density at radius 3 is 2.69 bits per heavy atom. The molecule has 2 amide bonds. The van der Waals surface area contributed by atoms with Crippen LogP contribution in [0.15, 0.2) is 12.1 Å². The molecule has 0 aliphatic rings. The molecule has 0 unspecified atom stereocenters. The van der Waals surface area contributed by atoms with Crippen LogP contribution in [-0.4, -0.2) is 30.3 Å². The Hall–Kier alpha value is -1.07. The number of amides is 2. The van der Waals surface area contributed by atoms with Crippen LogP contribution < -0.4 is 5.73 Å². The van der Waals surface area contributed by atoms with Gasteiger partial charge in [-0.3, -0.25) is 9.59 Å². The highest BCUT2D eigenvalue weighted by Gasteiger charge is 2.11. The van der Waals surface area contributed by atoms with Crippen molar-refractivity contribution < 1.29 is 9.59 Å². The summed E-state index contributed by atoms with van der Waals surface area (Å²) in [5.41, 5.74) is 4.99. The summed E-state index contributed by atoms with van der Waals surface area (Å²) in [5, 5.41) is 0. The molecule has 0 spiro atoms. The van der Waals surface area contributed by atoms with Gasteiger partial charge in [0.05, 0.1) is 10.9 Å². The van der Waals surface area contributed by atoms with Crippen LogP contribution in [0.1, 0.15) is 11.3 Å². The number of aryl methyl sites for hydroxylation is 1. The fraction of sp³-hybridized carbons (Fsp3) is 0.400. The summed E-state index contributed by atoms with van der Waals surface area (Å²) in [6.45, 7) is -0.0377. The van der Waals surface area contributed by atoms with E-state index in [1.54, 1.807) is 13.1 Å². The molecule has 0 saturated carbocycles. The number of likely N-dealkylation sites (N-methyl/N-ethyl adjacent to an activating group) is 1. The second kappa shape index (κ2) is 5.86. The zero-order chi connectivity index (χ0) is 12.1. The van der Waals surface area contributed by atoms with E-state index in [0.29, 0.717) is 17.2 Å². The van der Waals surface area contributed by atoms with Crippen molar-refractivity contribution in [3.8, 4) is 0 Å². The van der Waals surface area contributed by atoms with Crippen LogP contribution in [0.4, 0.5) is 0 Å². The highest BCUT2D eigenvalue weighted by Crippen LogP contribution is 2.22. The lowest BCUT2D eigenvalue weighted by atomic mass is 10.2. The third kappa shape index (κ3) is 4.20. The lowest BCUT2D eigenvalue weighted by Gasteiger charge is -2.14. The van der Waals surface area contributed by atoms with Crippen LogP contribution in [-0.2, 0) is 16.0 Å². The Morgan fingerprint density at radius 2 is 2.19 bits per heavy atom. The summed E-state index contributed by atoms with van der Waals surface area (Å²) < 4.78 is 0.716. The number of carbonyl (C=O) groups excluding carboxylic acids is 2. The fourth-order valence-electron chi connectivity index (χ4n) is 1.23. The average molecular weight is 261 g/mol. The molecule has 0 aliphatic heterocycles. The summed E-state index contributed by atoms with van der Waals surface area (Å²) in [4.78, 5) is 24.5. The predicted octanol–water partition coefficient (Wildman–Crippen LogP) is 1.28. The van der Waals surface area contributed by atoms with Gasteiger partial charge in [-0.05, 0) is 18.6 Å². The molecule has 2 N–H and O–H groups in total. The number of nitrogens with zero attached hydrogens (tertiary/aromatic N) is 1. The average Bonchev–Trinajstić information content (AvgIpc) is 2.59. The quantitative estimate of drug-likeness (QED) is 0.867. The Kier molecular flexibility index (Phi) is 4.76. The van der Waals surface area contributed by atoms with Gasteiger partial charge in [0, 0.05) is 18.3 Å². The van der Waals surface area contributed by atoms with E-state index in [2.05, 4.69) is 0 Å². The molecular weight excluding hydrogens is 248 g/mol. The number of primary amides is 1. The molecule has 88 valence electrons. The second-order valence-corrected chi connectivity index (χ2v) is 5.22. The van der Waals surface area contributed by atoms with Crippen LogP contribution in [0.5, 0.6) is 0 Å². The summed E-state index contributed by atoms with van der Waals surface area (Å²) in [5.74, 6) is -0.599. The van der Waals surface area contributed by atoms with Crippen molar-refractivity contribution in [3.05, 3.63) is 21.3 Å². The van der Waals surface area contributed by atoms with Gasteiger partial charge in [-0.2, -0.15) is 0 Å². The molecule has 1 heterocycles. The third-order valence-electron chi connectivity index (χ3n) is 2.03. The van der Waals surface area contributed by atoms with Crippen molar-refractivity contribution in [1.82, 2.24) is 4.90 Å². The highest BCUT2D eigenvalue weighted by atomic mass is 35.5. The minimum absolute atomic E-state index is 0.0377. The number of carbonyl (C=O) groups is 2. The van der Waals surface area contributed by atoms with E-state index >= 15 is 0 Å². The van der Waals surface area contributed by atoms with Crippen LogP contribution >= 0.6 is 22.9 Å². The second-order valence-electron chi connectivity index (χ2n) is 3.42. The molecule has 6 heteroatoms. The maximum atomic E-state index is 11.5. The maximum absolute atomic E-state index is 11.5. The van der Waals surface area contributed by atoms with Crippen molar-refractivity contribution in [3.63, 3.8) is 0 Å². The molecule has 0 fully saturated rings. The molecule has 1 rings (SSSR count). The number of thiophene rings is 1. The Balaban J connectivity index is 2.37. The minimum Gasteiger partial charge on any atom is -0.368 e. The molecule has 0 saturated heterocycles. The van der Waals surface area contributed by atoms with Crippen molar-refractivity contribution in [2.45, 2.75) is 12.8 Å². The molecular formula is C10H13ClN2O2S. The molecule has 1 aromatic heterocycles. The molecule has 0 atom stereocenters. The van der Waals surface area contributed by atoms with Crippen molar-refractivity contribution >= 4 is 34.8 Å². The minimum atomic E-state index is -0.505. The smallest absolute Gasteiger partial charge is 0.237 e. The van der Waals surface area contributed by atoms with E-state index < -0.39 is 5.91 Å². The van der Waals surface area contributed by atoms with Gasteiger partial charge in [0.1, 0.15) is 0 Å². The first-order valence-electron chi connectivity index (χ1n) is 4.75. The SMILES string of the molecule is CN(CC(N)=O)C(=O)CCc1ccc(Cl)s1. The Morgan fingerprint density at radius 1 is 1.50 bits per heavy atom. The van der Waals surface area contributed by atoms with Gasteiger partial charge in [0.25, 0.3) is 0 Å². The van der Waals surface area contributed by atoms with E-state index in [1.807, 2.05) is 6.07 Å². The van der Waals surface area contributed by atoms with Gasteiger partial charge in [-0.25, -0.2) is 0 Å². The highest BCUT2D eigenvalue weighted by molar-refractivity contribution is 7.16. The van der Waals surface area contributed by atoms with Gasteiger partial charge >= 0.3 is 0 Å². The number of hydrogen-bond acceptors (Lipinski definition) is 3. The van der Waals surface area contributed by atoms with Crippen LogP contribution in [0.25, 0.3) is 0 Å². The first kappa shape index (κ1) is 13.0. The molecule has 1 aromatic rings. The first-order valence-corrected chi connectivity index (χ1v) is 5.95.